The number of ether oxygens (including phenoxy) is 3. The highest BCUT2D eigenvalue weighted by atomic mass is 16.5. The fraction of sp³-hybridized carbons (Fsp3) is 0.500. The zero-order valence-corrected chi connectivity index (χ0v) is 19.2. The molecule has 7 nitrogen and oxygen atoms in total. The molecule has 0 fully saturated rings. The lowest BCUT2D eigenvalue weighted by Crippen LogP contribution is -2.33. The third-order valence-corrected chi connectivity index (χ3v) is 5.73. The first-order valence-corrected chi connectivity index (χ1v) is 10.5. The quantitative estimate of drug-likeness (QED) is 0.675. The van der Waals surface area contributed by atoms with Crippen molar-refractivity contribution in [3.63, 3.8) is 0 Å². The summed E-state index contributed by atoms with van der Waals surface area (Å²) in [5, 5.41) is 10.2. The Balaban J connectivity index is 2.18. The number of hydrogen-bond donors (Lipinski definition) is 1. The molecule has 1 aromatic carbocycles. The summed E-state index contributed by atoms with van der Waals surface area (Å²) in [7, 11) is 4.91. The molecule has 0 radical (unpaired) electrons. The van der Waals surface area contributed by atoms with Gasteiger partial charge in [-0.25, -0.2) is 4.79 Å². The van der Waals surface area contributed by atoms with E-state index in [1.54, 1.807) is 27.5 Å². The molecular weight excluding hydrogens is 396 g/mol. The first-order valence-electron chi connectivity index (χ1n) is 10.5. The lowest BCUT2D eigenvalue weighted by atomic mass is 9.78. The Labute approximate surface area is 183 Å². The number of aromatic carboxylic acids is 1. The van der Waals surface area contributed by atoms with Crippen LogP contribution >= 0.6 is 0 Å². The Morgan fingerprint density at radius 2 is 1.94 bits per heavy atom. The van der Waals surface area contributed by atoms with Gasteiger partial charge in [0.25, 0.3) is 0 Å². The molecule has 0 spiro atoms. The zero-order valence-electron chi connectivity index (χ0n) is 19.2. The van der Waals surface area contributed by atoms with Crippen LogP contribution < -0.4 is 14.8 Å². The summed E-state index contributed by atoms with van der Waals surface area (Å²) in [5.41, 5.74) is 3.19. The molecule has 1 unspecified atom stereocenters. The van der Waals surface area contributed by atoms with E-state index in [1.807, 2.05) is 12.1 Å². The molecule has 168 valence electrons. The molecule has 2 heterocycles. The molecule has 1 aromatic heterocycles. The van der Waals surface area contributed by atoms with Crippen molar-refractivity contribution in [2.75, 3.05) is 34.5 Å². The molecule has 0 bridgehead atoms. The number of aromatic nitrogens is 1. The molecule has 3 rings (SSSR count). The predicted octanol–water partition coefficient (Wildman–Crippen LogP) is 3.95. The summed E-state index contributed by atoms with van der Waals surface area (Å²) in [4.78, 5) is 16.1. The highest BCUT2D eigenvalue weighted by Gasteiger charge is 2.34. The molecule has 0 amide bonds. The fourth-order valence-electron chi connectivity index (χ4n) is 4.08. The molecule has 0 saturated heterocycles. The van der Waals surface area contributed by atoms with Crippen molar-refractivity contribution in [2.24, 2.45) is 10.4 Å². The predicted molar refractivity (Wildman–Crippen MR) is 119 cm³/mol. The van der Waals surface area contributed by atoms with Crippen molar-refractivity contribution in [3.8, 4) is 22.8 Å². The largest absolute Gasteiger partial charge is 0.493 e. The van der Waals surface area contributed by atoms with E-state index in [9.17, 15) is 9.90 Å². The van der Waals surface area contributed by atoms with Gasteiger partial charge in [0.15, 0.2) is 11.5 Å². The van der Waals surface area contributed by atoms with Crippen LogP contribution in [0.2, 0.25) is 0 Å². The van der Waals surface area contributed by atoms with Crippen LogP contribution in [0.15, 0.2) is 29.4 Å². The van der Waals surface area contributed by atoms with Crippen molar-refractivity contribution < 1.29 is 24.1 Å². The van der Waals surface area contributed by atoms with Gasteiger partial charge in [-0.2, -0.15) is 0 Å². The van der Waals surface area contributed by atoms with E-state index in [0.29, 0.717) is 30.1 Å². The van der Waals surface area contributed by atoms with Gasteiger partial charge in [-0.1, -0.05) is 20.8 Å². The van der Waals surface area contributed by atoms with Gasteiger partial charge in [0.1, 0.15) is 5.56 Å². The Morgan fingerprint density at radius 1 is 1.19 bits per heavy atom. The van der Waals surface area contributed by atoms with Gasteiger partial charge in [0.05, 0.1) is 24.8 Å². The molecule has 1 aliphatic heterocycles. The average Bonchev–Trinajstić information content (AvgIpc) is 2.73. The van der Waals surface area contributed by atoms with Gasteiger partial charge in [-0.15, -0.1) is 0 Å². The number of carboxylic acid groups (broad SMARTS) is 1. The fourth-order valence-corrected chi connectivity index (χ4v) is 4.08. The highest BCUT2D eigenvalue weighted by Crippen LogP contribution is 2.45. The van der Waals surface area contributed by atoms with Crippen LogP contribution in [0.25, 0.3) is 11.3 Å². The van der Waals surface area contributed by atoms with Crippen molar-refractivity contribution in [1.82, 2.24) is 4.57 Å². The minimum atomic E-state index is -0.980. The summed E-state index contributed by atoms with van der Waals surface area (Å²) in [6.45, 7) is 7.69. The summed E-state index contributed by atoms with van der Waals surface area (Å²) < 4.78 is 18.8. The highest BCUT2D eigenvalue weighted by molar-refractivity contribution is 5.87. The maximum atomic E-state index is 11.8. The number of hydrogen-bond acceptors (Lipinski definition) is 5. The lowest BCUT2D eigenvalue weighted by molar-refractivity contribution is 0.0693. The maximum Gasteiger partial charge on any atom is 0.339 e. The second-order valence-electron chi connectivity index (χ2n) is 8.83. The molecular formula is C24H32N2O5. The monoisotopic (exact) mass is 428 g/mol. The van der Waals surface area contributed by atoms with Gasteiger partial charge in [0, 0.05) is 45.0 Å². The van der Waals surface area contributed by atoms with Gasteiger partial charge < -0.3 is 23.9 Å². The number of carbonyl (C=O) groups is 1. The van der Waals surface area contributed by atoms with Crippen LogP contribution in [-0.2, 0) is 11.2 Å². The van der Waals surface area contributed by atoms with E-state index in [4.69, 9.17) is 14.2 Å². The standard InChI is InChI=1S/C24H32N2O5/c1-24(2,3)22-11-15-10-21(31-9-7-8-29-5)20(30-6)12-16(15)19-13-18(25-4)17(23(27)28)14-26(19)22/h10,12-14,22H,7-9,11H2,1-6H3,(H,27,28). The Hall–Kier alpha value is -2.80. The van der Waals surface area contributed by atoms with Crippen molar-refractivity contribution in [1.29, 1.82) is 0 Å². The topological polar surface area (TPSA) is 82.3 Å². The van der Waals surface area contributed by atoms with E-state index in [1.165, 1.54) is 0 Å². The number of benzene rings is 1. The van der Waals surface area contributed by atoms with Gasteiger partial charge >= 0.3 is 5.97 Å². The van der Waals surface area contributed by atoms with E-state index in [2.05, 4.69) is 36.4 Å². The van der Waals surface area contributed by atoms with Gasteiger partial charge in [-0.3, -0.25) is 4.99 Å². The van der Waals surface area contributed by atoms with Crippen molar-refractivity contribution in [2.45, 2.75) is 39.7 Å². The first kappa shape index (κ1) is 22.9. The number of nitrogens with zero attached hydrogens (tertiary/aromatic N) is 2. The van der Waals surface area contributed by atoms with Crippen molar-refractivity contribution in [3.05, 3.63) is 40.9 Å². The number of rotatable bonds is 7. The molecule has 0 saturated carbocycles. The second kappa shape index (κ2) is 9.14. The Bertz CT molecular complexity index is 1030. The van der Waals surface area contributed by atoms with Crippen LogP contribution in [0.1, 0.15) is 49.2 Å². The first-order chi connectivity index (χ1) is 14.7. The molecule has 1 aliphatic rings. The normalized spacial score (nSPS) is 15.9. The van der Waals surface area contributed by atoms with Crippen LogP contribution in [-0.4, -0.2) is 50.1 Å². The molecule has 1 N–H and O–H groups in total. The van der Waals surface area contributed by atoms with E-state index in [-0.39, 0.29) is 17.0 Å². The van der Waals surface area contributed by atoms with Crippen molar-refractivity contribution >= 4 is 5.97 Å². The molecule has 7 heteroatoms. The lowest BCUT2D eigenvalue weighted by Gasteiger charge is -2.39. The van der Waals surface area contributed by atoms with E-state index >= 15 is 0 Å². The second-order valence-corrected chi connectivity index (χ2v) is 8.83. The van der Waals surface area contributed by atoms with Crippen LogP contribution in [0.3, 0.4) is 0 Å². The number of carboxylic acids is 1. The number of fused-ring (bicyclic) bond motifs is 3. The number of pyridine rings is 1. The summed E-state index contributed by atoms with van der Waals surface area (Å²) in [6.07, 6.45) is 3.27. The van der Waals surface area contributed by atoms with Crippen LogP contribution in [0.4, 0.5) is 0 Å². The minimum absolute atomic E-state index is 0.0775. The van der Waals surface area contributed by atoms with Crippen LogP contribution in [0.5, 0.6) is 11.5 Å². The third-order valence-electron chi connectivity index (χ3n) is 5.73. The van der Waals surface area contributed by atoms with Gasteiger partial charge in [0.2, 0.25) is 0 Å². The Kier molecular flexibility index (Phi) is 6.74. The summed E-state index contributed by atoms with van der Waals surface area (Å²) in [6, 6.07) is 5.97. The summed E-state index contributed by atoms with van der Waals surface area (Å²) in [5.74, 6) is 0.377. The minimum Gasteiger partial charge on any atom is -0.493 e. The summed E-state index contributed by atoms with van der Waals surface area (Å²) >= 11 is 0. The molecule has 0 aliphatic carbocycles. The van der Waals surface area contributed by atoms with E-state index < -0.39 is 5.97 Å². The molecule has 1 atom stereocenters. The third kappa shape index (κ3) is 4.61. The smallest absolute Gasteiger partial charge is 0.339 e. The zero-order chi connectivity index (χ0) is 22.8. The van der Waals surface area contributed by atoms with Crippen LogP contribution in [0, 0.1) is 5.41 Å². The van der Waals surface area contributed by atoms with Gasteiger partial charge in [-0.05, 0) is 35.6 Å². The average molecular weight is 429 g/mol. The number of methoxy groups -OCH3 is 2. The molecule has 2 aromatic rings. The SMILES string of the molecule is CN=c1cc2n(cc1C(=O)O)C(C(C)(C)C)Cc1cc(OCCCOC)c(OC)cc1-2. The maximum absolute atomic E-state index is 11.8. The molecule has 31 heavy (non-hydrogen) atoms. The Morgan fingerprint density at radius 3 is 2.52 bits per heavy atom. The van der Waals surface area contributed by atoms with E-state index in [0.717, 1.165) is 29.7 Å².